The van der Waals surface area contributed by atoms with Crippen LogP contribution in [0.1, 0.15) is 29.0 Å². The van der Waals surface area contributed by atoms with E-state index in [9.17, 15) is 4.79 Å². The molecule has 0 saturated heterocycles. The second-order valence-electron chi connectivity index (χ2n) is 3.57. The normalized spacial score (nSPS) is 16.6. The predicted octanol–water partition coefficient (Wildman–Crippen LogP) is 0.939. The van der Waals surface area contributed by atoms with E-state index in [2.05, 4.69) is 16.8 Å². The Kier molecular flexibility index (Phi) is 2.29. The number of nitrogens with one attached hydrogen (secondary N) is 1. The van der Waals surface area contributed by atoms with E-state index in [0.29, 0.717) is 13.2 Å². The number of nitrogens with zero attached hydrogens (tertiary/aromatic N) is 1. The fourth-order valence-corrected chi connectivity index (χ4v) is 1.87. The van der Waals surface area contributed by atoms with E-state index in [1.807, 2.05) is 12.3 Å². The van der Waals surface area contributed by atoms with Crippen molar-refractivity contribution >= 4 is 5.91 Å². The molecule has 1 aliphatic heterocycles. The zero-order chi connectivity index (χ0) is 10.1. The van der Waals surface area contributed by atoms with Crippen molar-refractivity contribution in [2.24, 2.45) is 0 Å². The first-order valence-corrected chi connectivity index (χ1v) is 4.71. The van der Waals surface area contributed by atoms with Crippen molar-refractivity contribution in [1.82, 2.24) is 9.88 Å². The van der Waals surface area contributed by atoms with Gasteiger partial charge in [0.1, 0.15) is 0 Å². The number of fused-ring (bicyclic) bond motifs is 1. The third kappa shape index (κ3) is 1.32. The van der Waals surface area contributed by atoms with Crippen molar-refractivity contribution in [2.45, 2.75) is 19.5 Å². The Morgan fingerprint density at radius 2 is 2.50 bits per heavy atom. The largest absolute Gasteiger partial charge is 0.383 e. The number of hydrogen-bond acceptors (Lipinski definition) is 2. The molecule has 0 spiro atoms. The number of rotatable bonds is 3. The van der Waals surface area contributed by atoms with Crippen molar-refractivity contribution in [3.63, 3.8) is 0 Å². The number of carbonyl (C=O) groups is 1. The molecule has 2 heterocycles. The van der Waals surface area contributed by atoms with Gasteiger partial charge in [0, 0.05) is 13.3 Å². The molecule has 0 radical (unpaired) electrons. The lowest BCUT2D eigenvalue weighted by molar-refractivity contribution is 0.0965. The van der Waals surface area contributed by atoms with E-state index < -0.39 is 0 Å². The second-order valence-corrected chi connectivity index (χ2v) is 3.57. The number of amides is 1. The average Bonchev–Trinajstić information content (AvgIpc) is 2.69. The molecular formula is C10H14N2O2. The van der Waals surface area contributed by atoms with Gasteiger partial charge in [0.05, 0.1) is 30.5 Å². The van der Waals surface area contributed by atoms with Crippen LogP contribution in [-0.2, 0) is 11.3 Å². The van der Waals surface area contributed by atoms with Gasteiger partial charge in [-0.05, 0) is 13.0 Å². The fourth-order valence-electron chi connectivity index (χ4n) is 1.87. The van der Waals surface area contributed by atoms with Crippen LogP contribution in [0.5, 0.6) is 0 Å². The van der Waals surface area contributed by atoms with Crippen LogP contribution in [0.25, 0.3) is 0 Å². The van der Waals surface area contributed by atoms with Gasteiger partial charge in [0.15, 0.2) is 0 Å². The molecule has 0 saturated carbocycles. The summed E-state index contributed by atoms with van der Waals surface area (Å²) < 4.78 is 7.18. The van der Waals surface area contributed by atoms with Gasteiger partial charge in [-0.25, -0.2) is 0 Å². The lowest BCUT2D eigenvalue weighted by Crippen LogP contribution is -2.15. The molecule has 4 heteroatoms. The molecule has 0 unspecified atom stereocenters. The Balaban J connectivity index is 2.28. The zero-order valence-corrected chi connectivity index (χ0v) is 8.41. The summed E-state index contributed by atoms with van der Waals surface area (Å²) in [7, 11) is 1.68. The summed E-state index contributed by atoms with van der Waals surface area (Å²) in [6, 6.07) is 2.14. The molecule has 1 aromatic rings. The second kappa shape index (κ2) is 3.46. The third-order valence-corrected chi connectivity index (χ3v) is 2.57. The summed E-state index contributed by atoms with van der Waals surface area (Å²) in [6.07, 6.45) is 1.95. The lowest BCUT2D eigenvalue weighted by atomic mass is 10.3. The average molecular weight is 194 g/mol. The van der Waals surface area contributed by atoms with Gasteiger partial charge in [-0.3, -0.25) is 4.79 Å². The Bertz CT molecular complexity index is 357. The summed E-state index contributed by atoms with van der Waals surface area (Å²) in [4.78, 5) is 11.3. The first-order valence-electron chi connectivity index (χ1n) is 4.71. The van der Waals surface area contributed by atoms with Crippen LogP contribution >= 0.6 is 0 Å². The maximum absolute atomic E-state index is 11.3. The highest BCUT2D eigenvalue weighted by Gasteiger charge is 2.23. The van der Waals surface area contributed by atoms with Crippen LogP contribution in [0.3, 0.4) is 0 Å². The Morgan fingerprint density at radius 1 is 1.71 bits per heavy atom. The zero-order valence-electron chi connectivity index (χ0n) is 8.41. The van der Waals surface area contributed by atoms with Crippen molar-refractivity contribution in [3.8, 4) is 0 Å². The monoisotopic (exact) mass is 194 g/mol. The van der Waals surface area contributed by atoms with Crippen LogP contribution in [-0.4, -0.2) is 24.2 Å². The summed E-state index contributed by atoms with van der Waals surface area (Å²) in [5, 5.41) is 2.80. The minimum atomic E-state index is 0.0309. The summed E-state index contributed by atoms with van der Waals surface area (Å²) in [6.45, 7) is 3.37. The molecule has 0 bridgehead atoms. The van der Waals surface area contributed by atoms with Crippen LogP contribution in [0.4, 0.5) is 0 Å². The smallest absolute Gasteiger partial charge is 0.253 e. The Labute approximate surface area is 82.9 Å². The lowest BCUT2D eigenvalue weighted by Gasteiger charge is -2.15. The molecule has 0 aromatic carbocycles. The van der Waals surface area contributed by atoms with Crippen molar-refractivity contribution in [1.29, 1.82) is 0 Å². The minimum Gasteiger partial charge on any atom is -0.383 e. The van der Waals surface area contributed by atoms with Crippen molar-refractivity contribution in [2.75, 3.05) is 13.7 Å². The van der Waals surface area contributed by atoms with Gasteiger partial charge in [0.25, 0.3) is 5.91 Å². The van der Waals surface area contributed by atoms with E-state index in [0.717, 1.165) is 11.3 Å². The highest BCUT2D eigenvalue weighted by molar-refractivity contribution is 5.97. The van der Waals surface area contributed by atoms with Gasteiger partial charge < -0.3 is 14.6 Å². The molecule has 0 aliphatic carbocycles. The molecule has 1 aliphatic rings. The quantitative estimate of drug-likeness (QED) is 0.778. The molecule has 1 atom stereocenters. The number of aromatic nitrogens is 1. The first-order chi connectivity index (χ1) is 6.74. The van der Waals surface area contributed by atoms with Gasteiger partial charge in [-0.2, -0.15) is 0 Å². The molecule has 1 aromatic heterocycles. The maximum Gasteiger partial charge on any atom is 0.253 e. The fraction of sp³-hybridized carbons (Fsp3) is 0.500. The summed E-state index contributed by atoms with van der Waals surface area (Å²) in [5.41, 5.74) is 1.87. The van der Waals surface area contributed by atoms with Gasteiger partial charge >= 0.3 is 0 Å². The molecule has 2 rings (SSSR count). The standard InChI is InChI=1S/C10H14N2O2/c1-7(6-14-2)12-4-3-8-9(12)5-11-10(8)13/h3-4,7H,5-6H2,1-2H3,(H,11,13)/t7-/m1/s1. The van der Waals surface area contributed by atoms with Gasteiger partial charge in [-0.1, -0.05) is 0 Å². The minimum absolute atomic E-state index is 0.0309. The molecular weight excluding hydrogens is 180 g/mol. The number of ether oxygens (including phenoxy) is 1. The van der Waals surface area contributed by atoms with Gasteiger partial charge in [-0.15, -0.1) is 0 Å². The van der Waals surface area contributed by atoms with E-state index >= 15 is 0 Å². The van der Waals surface area contributed by atoms with Crippen molar-refractivity contribution < 1.29 is 9.53 Å². The van der Waals surface area contributed by atoms with Crippen LogP contribution in [0.15, 0.2) is 12.3 Å². The third-order valence-electron chi connectivity index (χ3n) is 2.57. The predicted molar refractivity (Wildman–Crippen MR) is 52.2 cm³/mol. The first kappa shape index (κ1) is 9.27. The van der Waals surface area contributed by atoms with Crippen LogP contribution < -0.4 is 5.32 Å². The maximum atomic E-state index is 11.3. The van der Waals surface area contributed by atoms with E-state index in [1.54, 1.807) is 7.11 Å². The summed E-state index contributed by atoms with van der Waals surface area (Å²) >= 11 is 0. The van der Waals surface area contributed by atoms with E-state index in [-0.39, 0.29) is 11.9 Å². The van der Waals surface area contributed by atoms with Gasteiger partial charge in [0.2, 0.25) is 0 Å². The number of carbonyl (C=O) groups excluding carboxylic acids is 1. The topological polar surface area (TPSA) is 43.3 Å². The number of hydrogen-bond donors (Lipinski definition) is 1. The molecule has 4 nitrogen and oxygen atoms in total. The highest BCUT2D eigenvalue weighted by atomic mass is 16.5. The van der Waals surface area contributed by atoms with E-state index in [1.165, 1.54) is 0 Å². The van der Waals surface area contributed by atoms with Crippen LogP contribution in [0, 0.1) is 0 Å². The highest BCUT2D eigenvalue weighted by Crippen LogP contribution is 2.20. The Hall–Kier alpha value is -1.29. The molecule has 76 valence electrons. The molecule has 0 fully saturated rings. The molecule has 1 amide bonds. The number of methoxy groups -OCH3 is 1. The Morgan fingerprint density at radius 3 is 3.21 bits per heavy atom. The van der Waals surface area contributed by atoms with Crippen LogP contribution in [0.2, 0.25) is 0 Å². The molecule has 1 N–H and O–H groups in total. The molecule has 14 heavy (non-hydrogen) atoms. The van der Waals surface area contributed by atoms with Crippen molar-refractivity contribution in [3.05, 3.63) is 23.5 Å². The summed E-state index contributed by atoms with van der Waals surface area (Å²) in [5.74, 6) is 0.0309. The van der Waals surface area contributed by atoms with E-state index in [4.69, 9.17) is 4.74 Å². The SMILES string of the molecule is COC[C@@H](C)n1ccc2c1CNC2=O.